The van der Waals surface area contributed by atoms with E-state index in [2.05, 4.69) is 25.3 Å². The fourth-order valence-corrected chi connectivity index (χ4v) is 2.72. The van der Waals surface area contributed by atoms with Crippen molar-refractivity contribution in [3.63, 3.8) is 0 Å². The molecule has 3 rings (SSSR count). The van der Waals surface area contributed by atoms with E-state index in [9.17, 15) is 4.79 Å². The maximum atomic E-state index is 11.9. The van der Waals surface area contributed by atoms with E-state index in [0.717, 1.165) is 5.16 Å². The summed E-state index contributed by atoms with van der Waals surface area (Å²) in [5.74, 6) is 2.24. The van der Waals surface area contributed by atoms with E-state index in [1.165, 1.54) is 22.3 Å². The number of H-pyrrole nitrogens is 1. The Hall–Kier alpha value is -2.20. The average molecular weight is 306 g/mol. The monoisotopic (exact) mass is 306 g/mol. The molecule has 9 nitrogen and oxygen atoms in total. The van der Waals surface area contributed by atoms with Gasteiger partial charge < -0.3 is 10.3 Å². The Kier molecular flexibility index (Phi) is 3.47. The number of aryl methyl sites for hydroxylation is 1. The van der Waals surface area contributed by atoms with Crippen LogP contribution in [0.4, 0.5) is 0 Å². The molecule has 3 aromatic rings. The summed E-state index contributed by atoms with van der Waals surface area (Å²) in [7, 11) is 1.85. The molecule has 0 aliphatic rings. The molecule has 0 unspecified atom stereocenters. The molecule has 0 amide bonds. The van der Waals surface area contributed by atoms with Crippen LogP contribution in [0.15, 0.2) is 16.0 Å². The zero-order chi connectivity index (χ0) is 15.0. The Morgan fingerprint density at radius 3 is 2.90 bits per heavy atom. The number of nitrogens with two attached hydrogens (primary N) is 1. The quantitative estimate of drug-likeness (QED) is 0.629. The molecule has 110 valence electrons. The lowest BCUT2D eigenvalue weighted by Crippen LogP contribution is -2.15. The molecule has 3 heterocycles. The highest BCUT2D eigenvalue weighted by molar-refractivity contribution is 7.98. The van der Waals surface area contributed by atoms with Gasteiger partial charge in [0.25, 0.3) is 11.3 Å². The first-order valence-corrected chi connectivity index (χ1v) is 7.23. The number of nitrogens with zero attached hydrogens (tertiary/aromatic N) is 6. The Bertz CT molecular complexity index is 848. The van der Waals surface area contributed by atoms with Crippen molar-refractivity contribution in [1.29, 1.82) is 0 Å². The lowest BCUT2D eigenvalue weighted by Gasteiger charge is -2.02. The molecule has 0 saturated heterocycles. The minimum atomic E-state index is -0.184. The van der Waals surface area contributed by atoms with E-state index in [-0.39, 0.29) is 5.56 Å². The first kappa shape index (κ1) is 13.8. The molecule has 0 bridgehead atoms. The molecular formula is C11H14N8OS. The van der Waals surface area contributed by atoms with Crippen LogP contribution < -0.4 is 11.3 Å². The SMILES string of the molecule is Cc1nc2nc(CSc3nnc(CN)n3C)cc(=O)n2[nH]1. The van der Waals surface area contributed by atoms with Crippen molar-refractivity contribution in [3.05, 3.63) is 33.8 Å². The number of nitrogens with one attached hydrogen (secondary N) is 1. The molecule has 0 spiro atoms. The number of rotatable bonds is 4. The highest BCUT2D eigenvalue weighted by atomic mass is 32.2. The first-order chi connectivity index (χ1) is 10.1. The molecule has 3 N–H and O–H groups in total. The van der Waals surface area contributed by atoms with Crippen LogP contribution >= 0.6 is 11.8 Å². The Labute approximate surface area is 123 Å². The van der Waals surface area contributed by atoms with Crippen molar-refractivity contribution in [2.75, 3.05) is 0 Å². The Balaban J connectivity index is 1.84. The molecule has 0 aromatic carbocycles. The average Bonchev–Trinajstić information content (AvgIpc) is 2.99. The summed E-state index contributed by atoms with van der Waals surface area (Å²) in [5, 5.41) is 11.6. The third kappa shape index (κ3) is 2.54. The fraction of sp³-hybridized carbons (Fsp3) is 0.364. The highest BCUT2D eigenvalue weighted by Crippen LogP contribution is 2.19. The van der Waals surface area contributed by atoms with Gasteiger partial charge in [-0.25, -0.2) is 4.98 Å². The smallest absolute Gasteiger partial charge is 0.274 e. The normalized spacial score (nSPS) is 11.4. The van der Waals surface area contributed by atoms with Crippen molar-refractivity contribution in [3.8, 4) is 0 Å². The second kappa shape index (κ2) is 5.30. The van der Waals surface area contributed by atoms with Gasteiger partial charge in [0.05, 0.1) is 12.2 Å². The standard InChI is InChI=1S/C11H14N8OS/c1-6-13-10-14-7(3-9(20)19(10)17-6)5-21-11-16-15-8(4-12)18(11)2/h3H,4-5,12H2,1-2H3,(H,13,14,17). The van der Waals surface area contributed by atoms with Gasteiger partial charge in [-0.3, -0.25) is 9.89 Å². The minimum Gasteiger partial charge on any atom is -0.324 e. The summed E-state index contributed by atoms with van der Waals surface area (Å²) < 4.78 is 3.15. The summed E-state index contributed by atoms with van der Waals surface area (Å²) in [4.78, 5) is 20.4. The molecule has 21 heavy (non-hydrogen) atoms. The molecule has 0 aliphatic heterocycles. The molecule has 0 fully saturated rings. The van der Waals surface area contributed by atoms with Crippen molar-refractivity contribution in [2.45, 2.75) is 24.4 Å². The fourth-order valence-electron chi connectivity index (χ4n) is 1.89. The summed E-state index contributed by atoms with van der Waals surface area (Å²) in [6.45, 7) is 2.11. The second-order valence-electron chi connectivity index (χ2n) is 4.48. The van der Waals surface area contributed by atoms with Crippen LogP contribution in [0.25, 0.3) is 5.78 Å². The van der Waals surface area contributed by atoms with Crippen molar-refractivity contribution >= 4 is 17.5 Å². The predicted octanol–water partition coefficient (Wildman–Crippen LogP) is -0.394. The van der Waals surface area contributed by atoms with Crippen LogP contribution in [0.5, 0.6) is 0 Å². The first-order valence-electron chi connectivity index (χ1n) is 6.25. The Morgan fingerprint density at radius 2 is 2.19 bits per heavy atom. The van der Waals surface area contributed by atoms with Gasteiger partial charge in [-0.1, -0.05) is 11.8 Å². The number of hydrogen-bond acceptors (Lipinski definition) is 7. The summed E-state index contributed by atoms with van der Waals surface area (Å²) in [6, 6.07) is 1.48. The van der Waals surface area contributed by atoms with Gasteiger partial charge in [-0.15, -0.1) is 10.2 Å². The third-order valence-electron chi connectivity index (χ3n) is 2.95. The maximum Gasteiger partial charge on any atom is 0.274 e. The van der Waals surface area contributed by atoms with Crippen molar-refractivity contribution < 1.29 is 0 Å². The minimum absolute atomic E-state index is 0.184. The summed E-state index contributed by atoms with van der Waals surface area (Å²) in [5.41, 5.74) is 6.02. The zero-order valence-electron chi connectivity index (χ0n) is 11.6. The lowest BCUT2D eigenvalue weighted by molar-refractivity contribution is 0.734. The van der Waals surface area contributed by atoms with Crippen LogP contribution in [0.2, 0.25) is 0 Å². The molecule has 3 aromatic heterocycles. The predicted molar refractivity (Wildman–Crippen MR) is 76.8 cm³/mol. The third-order valence-corrected chi connectivity index (χ3v) is 4.01. The molecule has 0 radical (unpaired) electrons. The van der Waals surface area contributed by atoms with Crippen LogP contribution in [-0.2, 0) is 19.3 Å². The van der Waals surface area contributed by atoms with Gasteiger partial charge in [0.2, 0.25) is 0 Å². The number of fused-ring (bicyclic) bond motifs is 1. The van der Waals surface area contributed by atoms with Gasteiger partial charge in [0.15, 0.2) is 5.16 Å². The lowest BCUT2D eigenvalue weighted by atomic mass is 10.4. The Morgan fingerprint density at radius 1 is 1.38 bits per heavy atom. The number of hydrogen-bond donors (Lipinski definition) is 2. The van der Waals surface area contributed by atoms with E-state index in [1.54, 1.807) is 6.92 Å². The maximum absolute atomic E-state index is 11.9. The molecular weight excluding hydrogens is 292 g/mol. The van der Waals surface area contributed by atoms with Gasteiger partial charge in [-0.2, -0.15) is 9.50 Å². The molecule has 0 aliphatic carbocycles. The van der Waals surface area contributed by atoms with E-state index in [0.29, 0.717) is 35.4 Å². The van der Waals surface area contributed by atoms with Gasteiger partial charge in [0.1, 0.15) is 11.6 Å². The van der Waals surface area contributed by atoms with E-state index in [4.69, 9.17) is 5.73 Å². The van der Waals surface area contributed by atoms with E-state index in [1.807, 2.05) is 11.6 Å². The largest absolute Gasteiger partial charge is 0.324 e. The molecule has 10 heteroatoms. The number of aromatic nitrogens is 7. The summed E-state index contributed by atoms with van der Waals surface area (Å²) in [6.07, 6.45) is 0. The molecule has 0 atom stereocenters. The van der Waals surface area contributed by atoms with E-state index >= 15 is 0 Å². The van der Waals surface area contributed by atoms with Crippen LogP contribution in [0, 0.1) is 6.92 Å². The number of aromatic amines is 1. The van der Waals surface area contributed by atoms with Crippen molar-refractivity contribution in [2.24, 2.45) is 12.8 Å². The van der Waals surface area contributed by atoms with Crippen LogP contribution in [0.1, 0.15) is 17.3 Å². The second-order valence-corrected chi connectivity index (χ2v) is 5.42. The van der Waals surface area contributed by atoms with Crippen LogP contribution in [0.3, 0.4) is 0 Å². The van der Waals surface area contributed by atoms with Gasteiger partial charge >= 0.3 is 0 Å². The van der Waals surface area contributed by atoms with Crippen molar-refractivity contribution in [1.82, 2.24) is 34.3 Å². The number of thioether (sulfide) groups is 1. The molecule has 0 saturated carbocycles. The highest BCUT2D eigenvalue weighted by Gasteiger charge is 2.10. The van der Waals surface area contributed by atoms with E-state index < -0.39 is 0 Å². The van der Waals surface area contributed by atoms with Crippen LogP contribution in [-0.4, -0.2) is 34.3 Å². The zero-order valence-corrected chi connectivity index (χ0v) is 12.4. The van der Waals surface area contributed by atoms with Gasteiger partial charge in [0, 0.05) is 18.9 Å². The topological polar surface area (TPSA) is 120 Å². The van der Waals surface area contributed by atoms with Gasteiger partial charge in [-0.05, 0) is 6.92 Å². The summed E-state index contributed by atoms with van der Waals surface area (Å²) >= 11 is 1.45.